The maximum Gasteiger partial charge on any atom is 0.186 e. The Labute approximate surface area is 121 Å². The molecule has 0 saturated carbocycles. The second-order valence-electron chi connectivity index (χ2n) is 4.47. The number of nitrogens with zero attached hydrogens (tertiary/aromatic N) is 2. The molecule has 5 heteroatoms. The van der Waals surface area contributed by atoms with Crippen molar-refractivity contribution in [1.29, 1.82) is 0 Å². The molecular weight excluding hydrogens is 280 g/mol. The Hall–Kier alpha value is -1.23. The molecule has 0 fully saturated rings. The normalized spacial score (nSPS) is 10.9. The molecule has 100 valence electrons. The molecule has 2 aromatic rings. The van der Waals surface area contributed by atoms with Crippen molar-refractivity contribution in [3.63, 3.8) is 0 Å². The van der Waals surface area contributed by atoms with Crippen LogP contribution in [0.25, 0.3) is 0 Å². The predicted octanol–water partition coefficient (Wildman–Crippen LogP) is 3.42. The molecule has 0 amide bonds. The molecule has 19 heavy (non-hydrogen) atoms. The number of hydrogen-bond donors (Lipinski definition) is 0. The van der Waals surface area contributed by atoms with Crippen LogP contribution < -0.4 is 0 Å². The van der Waals surface area contributed by atoms with Crippen LogP contribution in [-0.2, 0) is 6.54 Å². The topological polar surface area (TPSA) is 33.2 Å². The number of carbonyl (C=O) groups excluding carboxylic acids is 1. The van der Waals surface area contributed by atoms with Crippen LogP contribution in [0.5, 0.6) is 0 Å². The number of aromatic nitrogens is 1. The second-order valence-corrected chi connectivity index (χ2v) is 6.18. The Balaban J connectivity index is 1.94. The molecule has 2 heterocycles. The molecule has 0 saturated heterocycles. The Morgan fingerprint density at radius 2 is 2.16 bits per heavy atom. The summed E-state index contributed by atoms with van der Waals surface area (Å²) in [5.41, 5.74) is 1.96. The lowest BCUT2D eigenvalue weighted by Crippen LogP contribution is -2.25. The van der Waals surface area contributed by atoms with Crippen molar-refractivity contribution >= 4 is 28.7 Å². The molecule has 3 nitrogen and oxygen atoms in total. The maximum atomic E-state index is 12.0. The van der Waals surface area contributed by atoms with E-state index in [1.165, 1.54) is 11.3 Å². The van der Waals surface area contributed by atoms with Crippen molar-refractivity contribution in [3.05, 3.63) is 50.9 Å². The van der Waals surface area contributed by atoms with Gasteiger partial charge in [-0.1, -0.05) is 17.7 Å². The summed E-state index contributed by atoms with van der Waals surface area (Å²) in [6.07, 6.45) is 0. The summed E-state index contributed by atoms with van der Waals surface area (Å²) in [6, 6.07) is 9.43. The Bertz CT molecular complexity index is 582. The van der Waals surface area contributed by atoms with E-state index in [2.05, 4.69) is 4.98 Å². The fourth-order valence-corrected chi connectivity index (χ4v) is 2.78. The first-order chi connectivity index (χ1) is 9.04. The van der Waals surface area contributed by atoms with E-state index < -0.39 is 0 Å². The lowest BCUT2D eigenvalue weighted by molar-refractivity contribution is 0.0946. The Morgan fingerprint density at radius 3 is 2.79 bits per heavy atom. The fourth-order valence-electron chi connectivity index (χ4n) is 1.81. The van der Waals surface area contributed by atoms with Crippen LogP contribution in [0.3, 0.4) is 0 Å². The van der Waals surface area contributed by atoms with Crippen molar-refractivity contribution in [2.24, 2.45) is 0 Å². The van der Waals surface area contributed by atoms with Crippen LogP contribution in [-0.4, -0.2) is 29.3 Å². The molecule has 0 aliphatic heterocycles. The zero-order valence-corrected chi connectivity index (χ0v) is 12.5. The van der Waals surface area contributed by atoms with Crippen molar-refractivity contribution < 1.29 is 4.79 Å². The molecule has 0 radical (unpaired) electrons. The highest BCUT2D eigenvalue weighted by Crippen LogP contribution is 2.21. The SMILES string of the molecule is Cc1cccc(CN(C)CC(=O)c2ccc(Cl)s2)n1. The van der Waals surface area contributed by atoms with E-state index in [9.17, 15) is 4.79 Å². The number of thiophene rings is 1. The van der Waals surface area contributed by atoms with Gasteiger partial charge < -0.3 is 0 Å². The van der Waals surface area contributed by atoms with Gasteiger partial charge in [-0.05, 0) is 38.2 Å². The molecule has 0 bridgehead atoms. The molecule has 0 aliphatic rings. The largest absolute Gasteiger partial charge is 0.293 e. The molecular formula is C14H15ClN2OS. The van der Waals surface area contributed by atoms with Gasteiger partial charge in [0.25, 0.3) is 0 Å². The van der Waals surface area contributed by atoms with Gasteiger partial charge in [-0.15, -0.1) is 11.3 Å². The highest BCUT2D eigenvalue weighted by atomic mass is 35.5. The first kappa shape index (κ1) is 14.2. The van der Waals surface area contributed by atoms with Crippen LogP contribution >= 0.6 is 22.9 Å². The van der Waals surface area contributed by atoms with Gasteiger partial charge in [0.05, 0.1) is 21.5 Å². The minimum absolute atomic E-state index is 0.0899. The molecule has 0 aliphatic carbocycles. The minimum atomic E-state index is 0.0899. The molecule has 2 rings (SSSR count). The van der Waals surface area contributed by atoms with Crippen LogP contribution in [0.1, 0.15) is 21.1 Å². The third-order valence-corrected chi connectivity index (χ3v) is 3.91. The standard InChI is InChI=1S/C14H15ClN2OS/c1-10-4-3-5-11(16-10)8-17(2)9-12(18)13-6-7-14(15)19-13/h3-7H,8-9H2,1-2H3. The lowest BCUT2D eigenvalue weighted by Gasteiger charge is -2.14. The molecule has 2 aromatic heterocycles. The minimum Gasteiger partial charge on any atom is -0.293 e. The van der Waals surface area contributed by atoms with E-state index in [0.717, 1.165) is 11.4 Å². The van der Waals surface area contributed by atoms with E-state index in [1.807, 2.05) is 37.1 Å². The van der Waals surface area contributed by atoms with Gasteiger partial charge in [0.2, 0.25) is 0 Å². The predicted molar refractivity (Wildman–Crippen MR) is 79.0 cm³/mol. The Morgan fingerprint density at radius 1 is 1.37 bits per heavy atom. The summed E-state index contributed by atoms with van der Waals surface area (Å²) in [5, 5.41) is 0. The smallest absolute Gasteiger partial charge is 0.186 e. The average Bonchev–Trinajstić information content (AvgIpc) is 2.75. The number of pyridine rings is 1. The first-order valence-electron chi connectivity index (χ1n) is 5.94. The van der Waals surface area contributed by atoms with Crippen molar-refractivity contribution in [3.8, 4) is 0 Å². The summed E-state index contributed by atoms with van der Waals surface area (Å²) >= 11 is 7.15. The number of rotatable bonds is 5. The summed E-state index contributed by atoms with van der Waals surface area (Å²) in [5.74, 6) is 0.0899. The van der Waals surface area contributed by atoms with Crippen LogP contribution in [0.2, 0.25) is 4.34 Å². The van der Waals surface area contributed by atoms with Crippen molar-refractivity contribution in [2.45, 2.75) is 13.5 Å². The third kappa shape index (κ3) is 4.13. The number of aryl methyl sites for hydroxylation is 1. The summed E-state index contributed by atoms with van der Waals surface area (Å²) in [7, 11) is 1.91. The van der Waals surface area contributed by atoms with Gasteiger partial charge in [-0.25, -0.2) is 0 Å². The fraction of sp³-hybridized carbons (Fsp3) is 0.286. The summed E-state index contributed by atoms with van der Waals surface area (Å²) in [6.45, 7) is 2.99. The van der Waals surface area contributed by atoms with Crippen LogP contribution in [0.4, 0.5) is 0 Å². The molecule has 0 spiro atoms. The zero-order valence-electron chi connectivity index (χ0n) is 10.9. The van der Waals surface area contributed by atoms with Crippen molar-refractivity contribution in [1.82, 2.24) is 9.88 Å². The van der Waals surface area contributed by atoms with Gasteiger partial charge in [-0.2, -0.15) is 0 Å². The average molecular weight is 295 g/mol. The third-order valence-electron chi connectivity index (χ3n) is 2.64. The second kappa shape index (κ2) is 6.28. The van der Waals surface area contributed by atoms with Gasteiger partial charge in [0.1, 0.15) is 0 Å². The van der Waals surface area contributed by atoms with E-state index in [4.69, 9.17) is 11.6 Å². The van der Waals surface area contributed by atoms with E-state index in [-0.39, 0.29) is 5.78 Å². The molecule has 0 unspecified atom stereocenters. The Kier molecular flexibility index (Phi) is 4.69. The molecule has 0 atom stereocenters. The number of ketones is 1. The number of Topliss-reactive ketones (excluding diaryl/α,β-unsaturated/α-hetero) is 1. The van der Waals surface area contributed by atoms with Crippen LogP contribution in [0.15, 0.2) is 30.3 Å². The van der Waals surface area contributed by atoms with Gasteiger partial charge >= 0.3 is 0 Å². The van der Waals surface area contributed by atoms with Gasteiger partial charge in [-0.3, -0.25) is 14.7 Å². The van der Waals surface area contributed by atoms with E-state index in [1.54, 1.807) is 12.1 Å². The van der Waals surface area contributed by atoms with Crippen molar-refractivity contribution in [2.75, 3.05) is 13.6 Å². The zero-order chi connectivity index (χ0) is 13.8. The van der Waals surface area contributed by atoms with Crippen LogP contribution in [0, 0.1) is 6.92 Å². The monoisotopic (exact) mass is 294 g/mol. The van der Waals surface area contributed by atoms with E-state index >= 15 is 0 Å². The number of hydrogen-bond acceptors (Lipinski definition) is 4. The summed E-state index contributed by atoms with van der Waals surface area (Å²) in [4.78, 5) is 19.1. The number of halogens is 1. The first-order valence-corrected chi connectivity index (χ1v) is 7.13. The van der Waals surface area contributed by atoms with E-state index in [0.29, 0.717) is 22.3 Å². The highest BCUT2D eigenvalue weighted by molar-refractivity contribution is 7.18. The maximum absolute atomic E-state index is 12.0. The molecule has 0 N–H and O–H groups in total. The van der Waals surface area contributed by atoms with Gasteiger partial charge in [0, 0.05) is 12.2 Å². The highest BCUT2D eigenvalue weighted by Gasteiger charge is 2.12. The quantitative estimate of drug-likeness (QED) is 0.792. The summed E-state index contributed by atoms with van der Waals surface area (Å²) < 4.78 is 0.645. The number of likely N-dealkylation sites (N-methyl/N-ethyl adjacent to an activating group) is 1. The number of carbonyl (C=O) groups is 1. The molecule has 0 aromatic carbocycles. The van der Waals surface area contributed by atoms with Gasteiger partial charge in [0.15, 0.2) is 5.78 Å². The lowest BCUT2D eigenvalue weighted by atomic mass is 10.2.